The van der Waals surface area contributed by atoms with E-state index in [4.69, 9.17) is 23.2 Å². The number of rotatable bonds is 4. The average molecular weight is 470 g/mol. The summed E-state index contributed by atoms with van der Waals surface area (Å²) in [5.41, 5.74) is 2.84. The fraction of sp³-hybridized carbons (Fsp3) is 0.111. The van der Waals surface area contributed by atoms with Crippen molar-refractivity contribution in [1.82, 2.24) is 9.55 Å². The van der Waals surface area contributed by atoms with E-state index in [0.29, 0.717) is 21.6 Å². The van der Waals surface area contributed by atoms with Crippen molar-refractivity contribution in [1.29, 1.82) is 0 Å². The van der Waals surface area contributed by atoms with Crippen LogP contribution in [0.3, 0.4) is 0 Å². The molecule has 1 heterocycles. The molecule has 0 saturated carbocycles. The molecule has 0 aliphatic rings. The normalized spacial score (nSPS) is 11.3. The van der Waals surface area contributed by atoms with Crippen LogP contribution in [0.15, 0.2) is 53.7 Å². The number of imidazole rings is 1. The molecule has 0 N–H and O–H groups in total. The topological polar surface area (TPSA) is 30.2 Å². The number of benzene rings is 2. The van der Waals surface area contributed by atoms with Crippen molar-refractivity contribution in [3.63, 3.8) is 0 Å². The summed E-state index contributed by atoms with van der Waals surface area (Å²) in [5.74, 6) is 0.627. The summed E-state index contributed by atoms with van der Waals surface area (Å²) in [6.07, 6.45) is 3.50. The smallest absolute Gasteiger partial charge is 0.229 e. The number of aliphatic imine (C=N–C) groups is 1. The number of nitrogens with zero attached hydrogens (tertiary/aromatic N) is 3. The highest BCUT2D eigenvalue weighted by Crippen LogP contribution is 2.27. The zero-order valence-corrected chi connectivity index (χ0v) is 16.5. The predicted octanol–water partition coefficient (Wildman–Crippen LogP) is 6.23. The lowest BCUT2D eigenvalue weighted by Gasteiger charge is -2.07. The van der Waals surface area contributed by atoms with Gasteiger partial charge in [0.2, 0.25) is 5.95 Å². The molecule has 24 heavy (non-hydrogen) atoms. The number of aromatic nitrogens is 2. The summed E-state index contributed by atoms with van der Waals surface area (Å²) in [6, 6.07) is 13.7. The lowest BCUT2D eigenvalue weighted by Crippen LogP contribution is -1.97. The average Bonchev–Trinajstić information content (AvgIpc) is 2.98. The van der Waals surface area contributed by atoms with Crippen LogP contribution in [-0.2, 0) is 6.54 Å². The van der Waals surface area contributed by atoms with Crippen molar-refractivity contribution in [3.8, 4) is 11.3 Å². The fourth-order valence-corrected chi connectivity index (χ4v) is 3.24. The molecule has 0 radical (unpaired) electrons. The molecule has 0 atom stereocenters. The Kier molecular flexibility index (Phi) is 5.58. The van der Waals surface area contributed by atoms with Crippen LogP contribution in [0.4, 0.5) is 5.95 Å². The minimum absolute atomic E-state index is 0.568. The van der Waals surface area contributed by atoms with Crippen molar-refractivity contribution in [2.75, 3.05) is 0 Å². The van der Waals surface area contributed by atoms with Crippen LogP contribution in [0.2, 0.25) is 10.0 Å². The minimum atomic E-state index is 0.568. The van der Waals surface area contributed by atoms with Crippen LogP contribution in [0.25, 0.3) is 11.3 Å². The molecule has 6 heteroatoms. The molecule has 0 aliphatic heterocycles. The molecule has 0 unspecified atom stereocenters. The van der Waals surface area contributed by atoms with Gasteiger partial charge < -0.3 is 4.57 Å². The van der Waals surface area contributed by atoms with Crippen LogP contribution >= 0.6 is 45.8 Å². The Morgan fingerprint density at radius 3 is 2.42 bits per heavy atom. The summed E-state index contributed by atoms with van der Waals surface area (Å²) in [7, 11) is 0. The predicted molar refractivity (Wildman–Crippen MR) is 110 cm³/mol. The van der Waals surface area contributed by atoms with Crippen molar-refractivity contribution in [2.24, 2.45) is 4.99 Å². The second kappa shape index (κ2) is 7.68. The minimum Gasteiger partial charge on any atom is -0.309 e. The Morgan fingerprint density at radius 2 is 1.79 bits per heavy atom. The van der Waals surface area contributed by atoms with Crippen LogP contribution in [0, 0.1) is 3.57 Å². The third-order valence-corrected chi connectivity index (χ3v) is 4.98. The second-order valence-electron chi connectivity index (χ2n) is 5.09. The lowest BCUT2D eigenvalue weighted by molar-refractivity contribution is 0.772. The van der Waals surface area contributed by atoms with E-state index in [1.807, 2.05) is 12.3 Å². The van der Waals surface area contributed by atoms with Gasteiger partial charge in [-0.05, 0) is 59.3 Å². The Balaban J connectivity index is 1.98. The second-order valence-corrected chi connectivity index (χ2v) is 7.15. The van der Waals surface area contributed by atoms with Gasteiger partial charge in [0.05, 0.1) is 21.9 Å². The summed E-state index contributed by atoms with van der Waals surface area (Å²) < 4.78 is 3.26. The van der Waals surface area contributed by atoms with Gasteiger partial charge in [0.15, 0.2) is 0 Å². The van der Waals surface area contributed by atoms with Gasteiger partial charge >= 0.3 is 0 Å². The quantitative estimate of drug-likeness (QED) is 0.329. The molecule has 0 spiro atoms. The van der Waals surface area contributed by atoms with Crippen molar-refractivity contribution in [3.05, 3.63) is 67.8 Å². The first-order valence-corrected chi connectivity index (χ1v) is 9.23. The van der Waals surface area contributed by atoms with E-state index in [9.17, 15) is 0 Å². The zero-order chi connectivity index (χ0) is 17.1. The molecule has 0 aliphatic carbocycles. The first-order valence-electron chi connectivity index (χ1n) is 7.39. The summed E-state index contributed by atoms with van der Waals surface area (Å²) in [5, 5.41) is 1.14. The van der Waals surface area contributed by atoms with Crippen molar-refractivity contribution in [2.45, 2.75) is 13.5 Å². The lowest BCUT2D eigenvalue weighted by atomic mass is 10.2. The van der Waals surface area contributed by atoms with Crippen LogP contribution in [-0.4, -0.2) is 15.8 Å². The van der Waals surface area contributed by atoms with Gasteiger partial charge in [-0.1, -0.05) is 41.4 Å². The Bertz CT molecular complexity index is 866. The molecule has 122 valence electrons. The Morgan fingerprint density at radius 1 is 1.12 bits per heavy atom. The molecule has 1 aromatic heterocycles. The molecule has 0 bridgehead atoms. The molecule has 0 amide bonds. The summed E-state index contributed by atoms with van der Waals surface area (Å²) >= 11 is 14.7. The van der Waals surface area contributed by atoms with E-state index in [0.717, 1.165) is 17.8 Å². The van der Waals surface area contributed by atoms with Gasteiger partial charge in [0.25, 0.3) is 0 Å². The highest BCUT2D eigenvalue weighted by Gasteiger charge is 2.10. The van der Waals surface area contributed by atoms with Gasteiger partial charge in [0, 0.05) is 21.9 Å². The first-order chi connectivity index (χ1) is 11.6. The molecular weight excluding hydrogens is 456 g/mol. The maximum Gasteiger partial charge on any atom is 0.229 e. The van der Waals surface area contributed by atoms with E-state index < -0.39 is 0 Å². The van der Waals surface area contributed by atoms with Gasteiger partial charge in [0.1, 0.15) is 0 Å². The largest absolute Gasteiger partial charge is 0.309 e. The number of hydrogen-bond acceptors (Lipinski definition) is 2. The SMILES string of the molecule is CCn1c(-c2ccc(I)cc2)cnc1N=Cc1c(Cl)cccc1Cl. The maximum absolute atomic E-state index is 6.18. The molecular formula is C18H14Cl2IN3. The molecule has 2 aromatic carbocycles. The van der Waals surface area contributed by atoms with E-state index in [1.165, 1.54) is 3.57 Å². The first kappa shape index (κ1) is 17.5. The molecule has 0 saturated heterocycles. The van der Waals surface area contributed by atoms with Crippen LogP contribution in [0.5, 0.6) is 0 Å². The number of hydrogen-bond donors (Lipinski definition) is 0. The van der Waals surface area contributed by atoms with Gasteiger partial charge in [-0.2, -0.15) is 0 Å². The zero-order valence-electron chi connectivity index (χ0n) is 12.9. The number of halogens is 3. The standard InChI is InChI=1S/C18H14Cl2IN3/c1-2-24-17(12-6-8-13(21)9-7-12)11-23-18(24)22-10-14-15(19)4-3-5-16(14)20/h3-11H,2H2,1H3. The van der Waals surface area contributed by atoms with E-state index in [1.54, 1.807) is 18.3 Å². The molecule has 3 rings (SSSR count). The molecule has 3 aromatic rings. The van der Waals surface area contributed by atoms with Crippen LogP contribution < -0.4 is 0 Å². The Labute approximate surface area is 164 Å². The highest BCUT2D eigenvalue weighted by molar-refractivity contribution is 14.1. The third kappa shape index (κ3) is 3.66. The monoisotopic (exact) mass is 469 g/mol. The van der Waals surface area contributed by atoms with Crippen molar-refractivity contribution < 1.29 is 0 Å². The highest BCUT2D eigenvalue weighted by atomic mass is 127. The van der Waals surface area contributed by atoms with E-state index in [-0.39, 0.29) is 0 Å². The fourth-order valence-electron chi connectivity index (χ4n) is 2.39. The van der Waals surface area contributed by atoms with Gasteiger partial charge in [-0.3, -0.25) is 0 Å². The maximum atomic E-state index is 6.18. The molecule has 0 fully saturated rings. The van der Waals surface area contributed by atoms with Crippen molar-refractivity contribution >= 4 is 58.0 Å². The Hall–Kier alpha value is -1.37. The third-order valence-electron chi connectivity index (χ3n) is 3.60. The van der Waals surface area contributed by atoms with Gasteiger partial charge in [-0.25, -0.2) is 9.98 Å². The van der Waals surface area contributed by atoms with E-state index in [2.05, 4.69) is 68.3 Å². The van der Waals surface area contributed by atoms with Crippen LogP contribution in [0.1, 0.15) is 12.5 Å². The van der Waals surface area contributed by atoms with E-state index >= 15 is 0 Å². The molecule has 3 nitrogen and oxygen atoms in total. The summed E-state index contributed by atoms with van der Waals surface area (Å²) in [4.78, 5) is 8.93. The van der Waals surface area contributed by atoms with Gasteiger partial charge in [-0.15, -0.1) is 0 Å². The summed E-state index contributed by atoms with van der Waals surface area (Å²) in [6.45, 7) is 2.84.